The van der Waals surface area contributed by atoms with E-state index in [0.717, 1.165) is 25.7 Å². The molecule has 1 heterocycles. The van der Waals surface area contributed by atoms with Crippen molar-refractivity contribution in [1.29, 1.82) is 0 Å². The van der Waals surface area contributed by atoms with Gasteiger partial charge in [-0.25, -0.2) is 9.07 Å². The van der Waals surface area contributed by atoms with E-state index >= 15 is 0 Å². The first-order valence-corrected chi connectivity index (χ1v) is 8.63. The van der Waals surface area contributed by atoms with Gasteiger partial charge in [0, 0.05) is 6.04 Å². The summed E-state index contributed by atoms with van der Waals surface area (Å²) < 4.78 is 14.5. The third-order valence-electron chi connectivity index (χ3n) is 3.92. The van der Waals surface area contributed by atoms with Gasteiger partial charge in [-0.3, -0.25) is 4.79 Å². The molecule has 1 aromatic carbocycles. The molecule has 0 radical (unpaired) electrons. The fourth-order valence-corrected chi connectivity index (χ4v) is 2.94. The molecule has 2 aromatic rings. The van der Waals surface area contributed by atoms with E-state index in [1.54, 1.807) is 19.1 Å². The molecule has 1 aromatic heterocycles. The Morgan fingerprint density at radius 1 is 1.33 bits per heavy atom. The lowest BCUT2D eigenvalue weighted by Crippen LogP contribution is -2.32. The molecule has 0 aliphatic carbocycles. The first-order chi connectivity index (χ1) is 11.4. The summed E-state index contributed by atoms with van der Waals surface area (Å²) in [5.41, 5.74) is 1.52. The van der Waals surface area contributed by atoms with E-state index in [9.17, 15) is 9.18 Å². The Hall–Kier alpha value is -1.88. The fraction of sp³-hybridized carbons (Fsp3) is 0.444. The second-order valence-corrected chi connectivity index (χ2v) is 6.37. The standard InChI is InChI=1S/C18H23ClFN3O/c1-4-5-6-7-12(2)21-18(24)16-13(3)22-23(17(16)19)15-10-8-14(20)9-11-15/h8-12H,4-7H2,1-3H3,(H,21,24)/t12-/m1/s1. The quantitative estimate of drug-likeness (QED) is 0.737. The van der Waals surface area contributed by atoms with Gasteiger partial charge in [0.2, 0.25) is 0 Å². The highest BCUT2D eigenvalue weighted by Crippen LogP contribution is 2.24. The van der Waals surface area contributed by atoms with Gasteiger partial charge in [-0.05, 0) is 44.5 Å². The molecule has 2 rings (SSSR count). The summed E-state index contributed by atoms with van der Waals surface area (Å²) in [5.74, 6) is -0.563. The van der Waals surface area contributed by atoms with Crippen LogP contribution in [0.2, 0.25) is 5.15 Å². The van der Waals surface area contributed by atoms with Crippen LogP contribution in [0.1, 0.15) is 55.6 Å². The molecule has 4 nitrogen and oxygen atoms in total. The maximum Gasteiger partial charge on any atom is 0.256 e. The molecular formula is C18H23ClFN3O. The Morgan fingerprint density at radius 2 is 2.00 bits per heavy atom. The molecule has 0 bridgehead atoms. The molecule has 1 amide bonds. The number of amides is 1. The maximum atomic E-state index is 13.1. The van der Waals surface area contributed by atoms with Crippen molar-refractivity contribution >= 4 is 17.5 Å². The number of rotatable bonds is 7. The van der Waals surface area contributed by atoms with Crippen LogP contribution in [0.4, 0.5) is 4.39 Å². The van der Waals surface area contributed by atoms with Gasteiger partial charge in [0.15, 0.2) is 0 Å². The van der Waals surface area contributed by atoms with Crippen molar-refractivity contribution in [2.24, 2.45) is 0 Å². The lowest BCUT2D eigenvalue weighted by molar-refractivity contribution is 0.0937. The number of hydrogen-bond acceptors (Lipinski definition) is 2. The smallest absolute Gasteiger partial charge is 0.256 e. The molecule has 0 fully saturated rings. The Labute approximate surface area is 147 Å². The Kier molecular flexibility index (Phi) is 6.37. The van der Waals surface area contributed by atoms with Crippen LogP contribution < -0.4 is 5.32 Å². The van der Waals surface area contributed by atoms with Crippen molar-refractivity contribution in [2.75, 3.05) is 0 Å². The van der Waals surface area contributed by atoms with Crippen LogP contribution in [0.5, 0.6) is 0 Å². The highest BCUT2D eigenvalue weighted by Gasteiger charge is 2.22. The molecule has 1 N–H and O–H groups in total. The van der Waals surface area contributed by atoms with Gasteiger partial charge in [-0.15, -0.1) is 0 Å². The minimum Gasteiger partial charge on any atom is -0.349 e. The summed E-state index contributed by atoms with van der Waals surface area (Å²) in [6.45, 7) is 5.87. The third kappa shape index (κ3) is 4.35. The number of carbonyl (C=O) groups excluding carboxylic acids is 1. The van der Waals surface area contributed by atoms with Gasteiger partial charge in [0.25, 0.3) is 5.91 Å². The van der Waals surface area contributed by atoms with Gasteiger partial charge >= 0.3 is 0 Å². The highest BCUT2D eigenvalue weighted by atomic mass is 35.5. The second-order valence-electron chi connectivity index (χ2n) is 6.01. The second kappa shape index (κ2) is 8.29. The number of benzene rings is 1. The molecule has 0 spiro atoms. The van der Waals surface area contributed by atoms with E-state index < -0.39 is 0 Å². The Balaban J connectivity index is 2.16. The summed E-state index contributed by atoms with van der Waals surface area (Å²) in [4.78, 5) is 12.5. The van der Waals surface area contributed by atoms with Crippen LogP contribution in [0, 0.1) is 12.7 Å². The monoisotopic (exact) mass is 351 g/mol. The van der Waals surface area contributed by atoms with Crippen LogP contribution in [-0.4, -0.2) is 21.7 Å². The summed E-state index contributed by atoms with van der Waals surface area (Å²) in [5, 5.41) is 7.52. The van der Waals surface area contributed by atoms with E-state index in [4.69, 9.17) is 11.6 Å². The van der Waals surface area contributed by atoms with Crippen molar-refractivity contribution in [1.82, 2.24) is 15.1 Å². The zero-order chi connectivity index (χ0) is 17.7. The summed E-state index contributed by atoms with van der Waals surface area (Å²) in [7, 11) is 0. The minimum atomic E-state index is -0.336. The molecule has 0 unspecified atom stereocenters. The summed E-state index contributed by atoms with van der Waals surface area (Å²) in [6, 6.07) is 5.88. The Morgan fingerprint density at radius 3 is 2.62 bits per heavy atom. The van der Waals surface area contributed by atoms with E-state index in [2.05, 4.69) is 17.3 Å². The largest absolute Gasteiger partial charge is 0.349 e. The average Bonchev–Trinajstić information content (AvgIpc) is 2.83. The van der Waals surface area contributed by atoms with Crippen molar-refractivity contribution in [3.8, 4) is 5.69 Å². The van der Waals surface area contributed by atoms with Crippen molar-refractivity contribution in [3.63, 3.8) is 0 Å². The zero-order valence-electron chi connectivity index (χ0n) is 14.3. The third-order valence-corrected chi connectivity index (χ3v) is 4.27. The van der Waals surface area contributed by atoms with Gasteiger partial charge < -0.3 is 5.32 Å². The first kappa shape index (κ1) is 18.5. The molecule has 0 saturated carbocycles. The minimum absolute atomic E-state index is 0.0775. The number of carbonyl (C=O) groups is 1. The molecule has 0 aliphatic heterocycles. The molecular weight excluding hydrogens is 329 g/mol. The van der Waals surface area contributed by atoms with E-state index in [1.165, 1.54) is 16.8 Å². The molecule has 6 heteroatoms. The molecule has 24 heavy (non-hydrogen) atoms. The van der Waals surface area contributed by atoms with E-state index in [-0.39, 0.29) is 22.9 Å². The number of unbranched alkanes of at least 4 members (excludes halogenated alkanes) is 2. The number of hydrogen-bond donors (Lipinski definition) is 1. The summed E-state index contributed by atoms with van der Waals surface area (Å²) in [6.07, 6.45) is 4.32. The van der Waals surface area contributed by atoms with Gasteiger partial charge in [-0.2, -0.15) is 5.10 Å². The van der Waals surface area contributed by atoms with Crippen molar-refractivity contribution < 1.29 is 9.18 Å². The maximum absolute atomic E-state index is 13.1. The molecule has 130 valence electrons. The molecule has 0 aliphatic rings. The number of halogens is 2. The van der Waals surface area contributed by atoms with Crippen molar-refractivity contribution in [3.05, 3.63) is 46.5 Å². The predicted molar refractivity (Wildman–Crippen MR) is 94.3 cm³/mol. The lowest BCUT2D eigenvalue weighted by Gasteiger charge is -2.13. The predicted octanol–water partition coefficient (Wildman–Crippen LogP) is 4.67. The van der Waals surface area contributed by atoms with E-state index in [1.807, 2.05) is 6.92 Å². The summed E-state index contributed by atoms with van der Waals surface area (Å²) >= 11 is 6.35. The van der Waals surface area contributed by atoms with Crippen LogP contribution in [0.3, 0.4) is 0 Å². The van der Waals surface area contributed by atoms with Gasteiger partial charge in [0.05, 0.1) is 16.9 Å². The first-order valence-electron chi connectivity index (χ1n) is 8.26. The van der Waals surface area contributed by atoms with Crippen LogP contribution in [0.25, 0.3) is 5.69 Å². The van der Waals surface area contributed by atoms with Crippen LogP contribution in [-0.2, 0) is 0 Å². The lowest BCUT2D eigenvalue weighted by atomic mass is 10.1. The topological polar surface area (TPSA) is 46.9 Å². The van der Waals surface area contributed by atoms with Crippen molar-refractivity contribution in [2.45, 2.75) is 52.5 Å². The van der Waals surface area contributed by atoms with Gasteiger partial charge in [0.1, 0.15) is 11.0 Å². The van der Waals surface area contributed by atoms with Crippen LogP contribution in [0.15, 0.2) is 24.3 Å². The van der Waals surface area contributed by atoms with Gasteiger partial charge in [-0.1, -0.05) is 37.8 Å². The number of nitrogens with zero attached hydrogens (tertiary/aromatic N) is 2. The SMILES string of the molecule is CCCCC[C@@H](C)NC(=O)c1c(C)nn(-c2ccc(F)cc2)c1Cl. The number of aryl methyl sites for hydroxylation is 1. The zero-order valence-corrected chi connectivity index (χ0v) is 15.0. The molecule has 1 atom stereocenters. The van der Waals surface area contributed by atoms with E-state index in [0.29, 0.717) is 16.9 Å². The number of nitrogens with one attached hydrogen (secondary N) is 1. The number of aromatic nitrogens is 2. The van der Waals surface area contributed by atoms with Crippen LogP contribution >= 0.6 is 11.6 Å². The molecule has 0 saturated heterocycles. The highest BCUT2D eigenvalue weighted by molar-refractivity contribution is 6.33. The fourth-order valence-electron chi connectivity index (χ4n) is 2.58. The average molecular weight is 352 g/mol. The Bertz CT molecular complexity index is 697. The normalized spacial score (nSPS) is 12.2.